The minimum atomic E-state index is -0.921. The Hall–Kier alpha value is -3.69. The molecule has 1 heterocycles. The molecule has 0 aliphatic rings. The summed E-state index contributed by atoms with van der Waals surface area (Å²) >= 11 is 0. The molecule has 0 aliphatic carbocycles. The maximum absolute atomic E-state index is 11.9. The van der Waals surface area contributed by atoms with E-state index in [1.165, 1.54) is 11.6 Å². The van der Waals surface area contributed by atoms with Crippen LogP contribution in [0, 0.1) is 24.0 Å². The number of rotatable bonds is 5. The van der Waals surface area contributed by atoms with E-state index in [0.29, 0.717) is 5.69 Å². The topological polar surface area (TPSA) is 133 Å². The molecule has 3 amide bonds. The summed E-state index contributed by atoms with van der Waals surface area (Å²) in [5, 5.41) is 15.2. The van der Waals surface area contributed by atoms with Crippen molar-refractivity contribution in [1.82, 2.24) is 9.88 Å². The molecule has 0 atom stereocenters. The number of benzene rings is 1. The number of urea groups is 1. The zero-order valence-electron chi connectivity index (χ0n) is 14.9. The predicted octanol–water partition coefficient (Wildman–Crippen LogP) is 2.06. The highest BCUT2D eigenvalue weighted by atomic mass is 16.6. The van der Waals surface area contributed by atoms with E-state index < -0.39 is 29.4 Å². The van der Waals surface area contributed by atoms with Crippen LogP contribution in [0.15, 0.2) is 30.5 Å². The SMILES string of the molecule is Cc1ccc(NC(=O)NC(=O)COC(=O)c2cc([N+](=O)[O-])cn2C)cc1C. The van der Waals surface area contributed by atoms with Crippen molar-refractivity contribution in [3.63, 3.8) is 0 Å². The molecule has 27 heavy (non-hydrogen) atoms. The first-order valence-corrected chi connectivity index (χ1v) is 7.83. The van der Waals surface area contributed by atoms with Gasteiger partial charge in [-0.15, -0.1) is 0 Å². The summed E-state index contributed by atoms with van der Waals surface area (Å²) in [6.45, 7) is 3.10. The second-order valence-corrected chi connectivity index (χ2v) is 5.83. The lowest BCUT2D eigenvalue weighted by Crippen LogP contribution is -2.37. The van der Waals surface area contributed by atoms with E-state index in [1.807, 2.05) is 25.2 Å². The van der Waals surface area contributed by atoms with Crippen LogP contribution in [0.25, 0.3) is 0 Å². The van der Waals surface area contributed by atoms with Crippen molar-refractivity contribution in [2.75, 3.05) is 11.9 Å². The minimum Gasteiger partial charge on any atom is -0.451 e. The maximum Gasteiger partial charge on any atom is 0.355 e. The van der Waals surface area contributed by atoms with Crippen LogP contribution in [0.5, 0.6) is 0 Å². The average molecular weight is 374 g/mol. The Labute approximate surface area is 154 Å². The maximum atomic E-state index is 11.9. The predicted molar refractivity (Wildman–Crippen MR) is 95.4 cm³/mol. The molecular weight excluding hydrogens is 356 g/mol. The second-order valence-electron chi connectivity index (χ2n) is 5.83. The number of ether oxygens (including phenoxy) is 1. The quantitative estimate of drug-likeness (QED) is 0.467. The molecule has 0 spiro atoms. The molecule has 0 unspecified atom stereocenters. The van der Waals surface area contributed by atoms with Gasteiger partial charge in [-0.2, -0.15) is 0 Å². The lowest BCUT2D eigenvalue weighted by molar-refractivity contribution is -0.384. The number of nitrogens with one attached hydrogen (secondary N) is 2. The number of carbonyl (C=O) groups excluding carboxylic acids is 3. The van der Waals surface area contributed by atoms with Crippen LogP contribution >= 0.6 is 0 Å². The molecule has 1 aromatic heterocycles. The van der Waals surface area contributed by atoms with Gasteiger partial charge in [0.1, 0.15) is 5.69 Å². The van der Waals surface area contributed by atoms with Crippen LogP contribution in [0.3, 0.4) is 0 Å². The fourth-order valence-corrected chi connectivity index (χ4v) is 2.20. The number of aromatic nitrogens is 1. The normalized spacial score (nSPS) is 10.2. The third kappa shape index (κ3) is 5.14. The van der Waals surface area contributed by atoms with Gasteiger partial charge in [-0.3, -0.25) is 20.2 Å². The summed E-state index contributed by atoms with van der Waals surface area (Å²) in [5.41, 5.74) is 2.18. The lowest BCUT2D eigenvalue weighted by atomic mass is 10.1. The van der Waals surface area contributed by atoms with Gasteiger partial charge in [0.15, 0.2) is 6.61 Å². The van der Waals surface area contributed by atoms with Crippen LogP contribution in [0.2, 0.25) is 0 Å². The molecule has 2 N–H and O–H groups in total. The zero-order chi connectivity index (χ0) is 20.1. The Morgan fingerprint density at radius 2 is 1.89 bits per heavy atom. The van der Waals surface area contributed by atoms with Gasteiger partial charge in [-0.1, -0.05) is 6.07 Å². The second kappa shape index (κ2) is 8.13. The summed E-state index contributed by atoms with van der Waals surface area (Å²) in [4.78, 5) is 45.5. The number of amides is 3. The van der Waals surface area contributed by atoms with E-state index in [2.05, 4.69) is 5.32 Å². The van der Waals surface area contributed by atoms with Crippen molar-refractivity contribution < 1.29 is 24.0 Å². The van der Waals surface area contributed by atoms with Gasteiger partial charge < -0.3 is 14.6 Å². The molecule has 142 valence electrons. The number of nitrogens with zero attached hydrogens (tertiary/aromatic N) is 2. The third-order valence-corrected chi connectivity index (χ3v) is 3.76. The summed E-state index contributed by atoms with van der Waals surface area (Å²) in [5.74, 6) is -1.76. The van der Waals surface area contributed by atoms with Crippen LogP contribution in [0.1, 0.15) is 21.6 Å². The van der Waals surface area contributed by atoms with Gasteiger partial charge in [0.25, 0.3) is 11.6 Å². The van der Waals surface area contributed by atoms with E-state index >= 15 is 0 Å². The monoisotopic (exact) mass is 374 g/mol. The molecule has 0 radical (unpaired) electrons. The van der Waals surface area contributed by atoms with E-state index in [4.69, 9.17) is 4.74 Å². The minimum absolute atomic E-state index is 0.0888. The first-order valence-electron chi connectivity index (χ1n) is 7.83. The van der Waals surface area contributed by atoms with E-state index in [-0.39, 0.29) is 11.4 Å². The Morgan fingerprint density at radius 1 is 1.19 bits per heavy atom. The third-order valence-electron chi connectivity index (χ3n) is 3.76. The summed E-state index contributed by atoms with van der Waals surface area (Å²) < 4.78 is 5.99. The number of carbonyl (C=O) groups is 3. The standard InChI is InChI=1S/C17H18N4O6/c1-10-4-5-12(6-11(10)2)18-17(24)19-15(22)9-27-16(23)14-7-13(21(25)26)8-20(14)3/h4-8H,9H2,1-3H3,(H2,18,19,22,24). The zero-order valence-corrected chi connectivity index (χ0v) is 14.9. The van der Waals surface area contributed by atoms with Gasteiger partial charge >= 0.3 is 12.0 Å². The van der Waals surface area contributed by atoms with Crippen LogP contribution < -0.4 is 10.6 Å². The highest BCUT2D eigenvalue weighted by molar-refractivity contribution is 6.02. The van der Waals surface area contributed by atoms with Crippen LogP contribution in [-0.2, 0) is 16.6 Å². The van der Waals surface area contributed by atoms with E-state index in [1.54, 1.807) is 12.1 Å². The van der Waals surface area contributed by atoms with Crippen molar-refractivity contribution in [3.8, 4) is 0 Å². The number of hydrogen-bond acceptors (Lipinski definition) is 6. The number of hydrogen-bond donors (Lipinski definition) is 2. The molecule has 10 nitrogen and oxygen atoms in total. The first-order chi connectivity index (χ1) is 12.7. The van der Waals surface area contributed by atoms with Gasteiger partial charge in [0.2, 0.25) is 0 Å². The largest absolute Gasteiger partial charge is 0.451 e. The van der Waals surface area contributed by atoms with Gasteiger partial charge in [-0.25, -0.2) is 9.59 Å². The van der Waals surface area contributed by atoms with Crippen molar-refractivity contribution in [3.05, 3.63) is 57.4 Å². The molecular formula is C17H18N4O6. The number of aryl methyl sites for hydroxylation is 3. The number of anilines is 1. The van der Waals surface area contributed by atoms with Crippen molar-refractivity contribution >= 4 is 29.3 Å². The molecule has 0 fully saturated rings. The number of esters is 1. The molecule has 1 aromatic carbocycles. The summed E-state index contributed by atoms with van der Waals surface area (Å²) in [7, 11) is 1.43. The Kier molecular flexibility index (Phi) is 5.91. The van der Waals surface area contributed by atoms with Gasteiger partial charge in [0, 0.05) is 18.8 Å². The summed E-state index contributed by atoms with van der Waals surface area (Å²) in [6.07, 6.45) is 1.15. The Balaban J connectivity index is 1.86. The Morgan fingerprint density at radius 3 is 2.48 bits per heavy atom. The number of imide groups is 1. The highest BCUT2D eigenvalue weighted by Gasteiger charge is 2.20. The van der Waals surface area contributed by atoms with Crippen molar-refractivity contribution in [2.24, 2.45) is 7.05 Å². The van der Waals surface area contributed by atoms with Crippen LogP contribution in [-0.4, -0.2) is 34.0 Å². The number of nitro groups is 1. The fraction of sp³-hybridized carbons (Fsp3) is 0.235. The van der Waals surface area contributed by atoms with Gasteiger partial charge in [-0.05, 0) is 37.1 Å². The summed E-state index contributed by atoms with van der Waals surface area (Å²) in [6, 6.07) is 5.53. The fourth-order valence-electron chi connectivity index (χ4n) is 2.20. The molecule has 2 rings (SSSR count). The highest BCUT2D eigenvalue weighted by Crippen LogP contribution is 2.16. The molecule has 0 saturated heterocycles. The molecule has 0 bridgehead atoms. The van der Waals surface area contributed by atoms with Gasteiger partial charge in [0.05, 0.1) is 11.1 Å². The molecule has 10 heteroatoms. The molecule has 0 aliphatic heterocycles. The van der Waals surface area contributed by atoms with Crippen molar-refractivity contribution in [1.29, 1.82) is 0 Å². The lowest BCUT2D eigenvalue weighted by Gasteiger charge is -2.09. The first kappa shape index (κ1) is 19.6. The Bertz CT molecular complexity index is 918. The van der Waals surface area contributed by atoms with Crippen molar-refractivity contribution in [2.45, 2.75) is 13.8 Å². The van der Waals surface area contributed by atoms with E-state index in [0.717, 1.165) is 23.4 Å². The molecule has 0 saturated carbocycles. The molecule has 2 aromatic rings. The average Bonchev–Trinajstić information content (AvgIpc) is 2.98. The van der Waals surface area contributed by atoms with Crippen LogP contribution in [0.4, 0.5) is 16.2 Å². The smallest absolute Gasteiger partial charge is 0.355 e. The van der Waals surface area contributed by atoms with E-state index in [9.17, 15) is 24.5 Å².